The molecule has 0 heterocycles. The van der Waals surface area contributed by atoms with Crippen LogP contribution in [-0.2, 0) is 4.74 Å². The Balaban J connectivity index is 2.64. The molecule has 0 aliphatic carbocycles. The van der Waals surface area contributed by atoms with E-state index in [0.717, 1.165) is 19.5 Å². The molecule has 0 saturated heterocycles. The van der Waals surface area contributed by atoms with E-state index in [1.54, 1.807) is 6.07 Å². The molecular weight excluding hydrogens is 378 g/mol. The smallest absolute Gasteiger partial charge is 0.255 e. The highest BCUT2D eigenvalue weighted by Crippen LogP contribution is 2.28. The Morgan fingerprint density at radius 1 is 1.25 bits per heavy atom. The van der Waals surface area contributed by atoms with Crippen molar-refractivity contribution in [3.05, 3.63) is 22.7 Å². The molecule has 0 aromatic heterocycles. The van der Waals surface area contributed by atoms with Gasteiger partial charge in [0.2, 0.25) is 0 Å². The van der Waals surface area contributed by atoms with E-state index in [9.17, 15) is 4.79 Å². The molecular formula is C21H36ClN3O3. The van der Waals surface area contributed by atoms with Gasteiger partial charge < -0.3 is 20.5 Å². The van der Waals surface area contributed by atoms with Crippen LogP contribution in [0.5, 0.6) is 5.75 Å². The molecule has 0 fully saturated rings. The minimum atomic E-state index is -0.233. The van der Waals surface area contributed by atoms with Gasteiger partial charge in [0.15, 0.2) is 0 Å². The number of nitrogen functional groups attached to an aromatic ring is 1. The van der Waals surface area contributed by atoms with E-state index in [4.69, 9.17) is 26.8 Å². The number of benzene rings is 1. The molecule has 0 aliphatic rings. The summed E-state index contributed by atoms with van der Waals surface area (Å²) < 4.78 is 11.1. The fraction of sp³-hybridized carbons (Fsp3) is 0.667. The third-order valence-electron chi connectivity index (χ3n) is 4.72. The van der Waals surface area contributed by atoms with Crippen molar-refractivity contribution in [3.8, 4) is 5.75 Å². The van der Waals surface area contributed by atoms with Crippen molar-refractivity contribution in [2.75, 3.05) is 39.1 Å². The summed E-state index contributed by atoms with van der Waals surface area (Å²) in [5, 5.41) is 3.28. The number of nitrogens with two attached hydrogens (primary N) is 1. The largest absolute Gasteiger partial charge is 0.496 e. The summed E-state index contributed by atoms with van der Waals surface area (Å²) in [4.78, 5) is 14.9. The first-order chi connectivity index (χ1) is 12.9. The van der Waals surface area contributed by atoms with Crippen molar-refractivity contribution in [3.63, 3.8) is 0 Å². The highest BCUT2D eigenvalue weighted by Gasteiger charge is 2.26. The van der Waals surface area contributed by atoms with Gasteiger partial charge in [-0.05, 0) is 53.7 Å². The molecule has 3 N–H and O–H groups in total. The lowest BCUT2D eigenvalue weighted by molar-refractivity contribution is -0.0237. The molecule has 0 saturated carbocycles. The van der Waals surface area contributed by atoms with E-state index in [0.29, 0.717) is 35.2 Å². The van der Waals surface area contributed by atoms with E-state index in [1.807, 2.05) is 0 Å². The number of rotatable bonds is 10. The zero-order valence-electron chi connectivity index (χ0n) is 18.3. The summed E-state index contributed by atoms with van der Waals surface area (Å²) in [5.41, 5.74) is 6.36. The number of nitrogens with zero attached hydrogens (tertiary/aromatic N) is 1. The molecule has 0 atom stereocenters. The number of halogens is 1. The fourth-order valence-corrected chi connectivity index (χ4v) is 3.13. The van der Waals surface area contributed by atoms with Gasteiger partial charge in [-0.15, -0.1) is 0 Å². The second-order valence-electron chi connectivity index (χ2n) is 8.43. The number of anilines is 1. The number of methoxy groups -OCH3 is 1. The molecule has 28 heavy (non-hydrogen) atoms. The third-order valence-corrected chi connectivity index (χ3v) is 5.04. The standard InChI is InChI=1S/C21H36ClN3O3/c1-8-25(21(5,6)9-12-28-20(2,3)4)11-10-24-19(26)15-13-16(22)17(23)14-18(15)27-7/h13-14H,8-12,23H2,1-7H3,(H,24,26). The first-order valence-electron chi connectivity index (χ1n) is 9.71. The number of amides is 1. The van der Waals surface area contributed by atoms with Crippen molar-refractivity contribution >= 4 is 23.2 Å². The number of ether oxygens (including phenoxy) is 2. The summed E-state index contributed by atoms with van der Waals surface area (Å²) in [6, 6.07) is 3.10. The topological polar surface area (TPSA) is 76.8 Å². The van der Waals surface area contributed by atoms with Gasteiger partial charge in [-0.2, -0.15) is 0 Å². The van der Waals surface area contributed by atoms with E-state index in [2.05, 4.69) is 51.8 Å². The molecule has 0 spiro atoms. The van der Waals surface area contributed by atoms with Crippen LogP contribution in [-0.4, -0.2) is 55.3 Å². The predicted octanol–water partition coefficient (Wildman–Crippen LogP) is 3.97. The van der Waals surface area contributed by atoms with Gasteiger partial charge in [-0.1, -0.05) is 18.5 Å². The van der Waals surface area contributed by atoms with Crippen LogP contribution in [0.4, 0.5) is 5.69 Å². The third kappa shape index (κ3) is 7.49. The van der Waals surface area contributed by atoms with Gasteiger partial charge in [0.05, 0.1) is 29.0 Å². The fourth-order valence-electron chi connectivity index (χ4n) is 2.97. The number of hydrogen-bond acceptors (Lipinski definition) is 5. The molecule has 0 bridgehead atoms. The Hall–Kier alpha value is -1.50. The lowest BCUT2D eigenvalue weighted by Gasteiger charge is -2.38. The summed E-state index contributed by atoms with van der Waals surface area (Å²) in [7, 11) is 1.50. The van der Waals surface area contributed by atoms with E-state index in [-0.39, 0.29) is 17.0 Å². The van der Waals surface area contributed by atoms with Crippen LogP contribution in [0.3, 0.4) is 0 Å². The number of carbonyl (C=O) groups excluding carboxylic acids is 1. The van der Waals surface area contributed by atoms with Crippen LogP contribution in [0.25, 0.3) is 0 Å². The predicted molar refractivity (Wildman–Crippen MR) is 116 cm³/mol. The van der Waals surface area contributed by atoms with Crippen molar-refractivity contribution in [2.45, 2.75) is 59.1 Å². The molecule has 6 nitrogen and oxygen atoms in total. The van der Waals surface area contributed by atoms with Gasteiger partial charge in [0.1, 0.15) is 5.75 Å². The van der Waals surface area contributed by atoms with E-state index in [1.165, 1.54) is 13.2 Å². The van der Waals surface area contributed by atoms with Gasteiger partial charge in [-0.25, -0.2) is 0 Å². The second kappa shape index (κ2) is 10.3. The van der Waals surface area contributed by atoms with Crippen LogP contribution in [0.1, 0.15) is 58.3 Å². The second-order valence-corrected chi connectivity index (χ2v) is 8.84. The minimum Gasteiger partial charge on any atom is -0.496 e. The monoisotopic (exact) mass is 413 g/mol. The molecule has 1 aromatic carbocycles. The number of carbonyl (C=O) groups is 1. The summed E-state index contributed by atoms with van der Waals surface area (Å²) in [6.45, 7) is 15.5. The van der Waals surface area contributed by atoms with Crippen LogP contribution in [0.2, 0.25) is 5.02 Å². The average Bonchev–Trinajstić information content (AvgIpc) is 2.58. The lowest BCUT2D eigenvalue weighted by Crippen LogP contribution is -2.48. The van der Waals surface area contributed by atoms with Gasteiger partial charge >= 0.3 is 0 Å². The highest BCUT2D eigenvalue weighted by atomic mass is 35.5. The van der Waals surface area contributed by atoms with Crippen molar-refractivity contribution in [2.24, 2.45) is 0 Å². The minimum absolute atomic E-state index is 0.0348. The highest BCUT2D eigenvalue weighted by molar-refractivity contribution is 6.33. The maximum absolute atomic E-state index is 12.6. The Labute approximate surface area is 174 Å². The average molecular weight is 414 g/mol. The van der Waals surface area contributed by atoms with Crippen molar-refractivity contribution in [1.29, 1.82) is 0 Å². The normalized spacial score (nSPS) is 12.3. The van der Waals surface area contributed by atoms with Gasteiger partial charge in [-0.3, -0.25) is 9.69 Å². The van der Waals surface area contributed by atoms with Gasteiger partial charge in [0.25, 0.3) is 5.91 Å². The molecule has 1 rings (SSSR count). The van der Waals surface area contributed by atoms with Crippen LogP contribution < -0.4 is 15.8 Å². The zero-order chi connectivity index (χ0) is 21.5. The van der Waals surface area contributed by atoms with Crippen molar-refractivity contribution < 1.29 is 14.3 Å². The molecule has 0 unspecified atom stereocenters. The first kappa shape index (κ1) is 24.5. The molecule has 160 valence electrons. The van der Waals surface area contributed by atoms with E-state index >= 15 is 0 Å². The molecule has 7 heteroatoms. The van der Waals surface area contributed by atoms with Crippen LogP contribution in [0, 0.1) is 0 Å². The lowest BCUT2D eigenvalue weighted by atomic mass is 9.98. The number of nitrogens with one attached hydrogen (secondary N) is 1. The SMILES string of the molecule is CCN(CCNC(=O)c1cc(Cl)c(N)cc1OC)C(C)(C)CCOC(C)(C)C. The Bertz CT molecular complexity index is 657. The maximum Gasteiger partial charge on any atom is 0.255 e. The van der Waals surface area contributed by atoms with Gasteiger partial charge in [0, 0.05) is 31.3 Å². The molecule has 1 aromatic rings. The summed E-state index contributed by atoms with van der Waals surface area (Å²) in [5.74, 6) is 0.176. The Morgan fingerprint density at radius 2 is 1.89 bits per heavy atom. The van der Waals surface area contributed by atoms with E-state index < -0.39 is 0 Å². The molecule has 0 radical (unpaired) electrons. The Kier molecular flexibility index (Phi) is 9.05. The van der Waals surface area contributed by atoms with Crippen LogP contribution >= 0.6 is 11.6 Å². The number of likely N-dealkylation sites (N-methyl/N-ethyl adjacent to an activating group) is 1. The maximum atomic E-state index is 12.6. The van der Waals surface area contributed by atoms with Crippen molar-refractivity contribution in [1.82, 2.24) is 10.2 Å². The summed E-state index contributed by atoms with van der Waals surface area (Å²) in [6.07, 6.45) is 0.910. The Morgan fingerprint density at radius 3 is 2.43 bits per heavy atom. The zero-order valence-corrected chi connectivity index (χ0v) is 19.1. The van der Waals surface area contributed by atoms with Crippen LogP contribution in [0.15, 0.2) is 12.1 Å². The number of hydrogen-bond donors (Lipinski definition) is 2. The first-order valence-corrected chi connectivity index (χ1v) is 10.1. The summed E-state index contributed by atoms with van der Waals surface area (Å²) >= 11 is 6.05. The molecule has 0 aliphatic heterocycles. The molecule has 1 amide bonds. The quantitative estimate of drug-likeness (QED) is 0.567.